The summed E-state index contributed by atoms with van der Waals surface area (Å²) in [7, 11) is 0. The first kappa shape index (κ1) is 24.8. The van der Waals surface area contributed by atoms with Crippen molar-refractivity contribution in [1.29, 1.82) is 0 Å². The molecule has 0 rings (SSSR count). The highest BCUT2D eigenvalue weighted by Crippen LogP contribution is 2.25. The van der Waals surface area contributed by atoms with Gasteiger partial charge in [0.15, 0.2) is 0 Å². The van der Waals surface area contributed by atoms with Gasteiger partial charge >= 0.3 is 11.9 Å². The van der Waals surface area contributed by atoms with Gasteiger partial charge in [0.1, 0.15) is 6.29 Å². The van der Waals surface area contributed by atoms with Gasteiger partial charge in [0.2, 0.25) is 0 Å². The maximum atomic E-state index is 11.0. The lowest BCUT2D eigenvalue weighted by Crippen LogP contribution is -2.20. The third kappa shape index (κ3) is 15.5. The van der Waals surface area contributed by atoms with Gasteiger partial charge in [-0.3, -0.25) is 9.59 Å². The summed E-state index contributed by atoms with van der Waals surface area (Å²) in [5, 5.41) is 8.69. The van der Waals surface area contributed by atoms with Crippen molar-refractivity contribution in [2.45, 2.75) is 67.2 Å². The molecular weight excluding hydrogens is 312 g/mol. The standard InChI is InChI=1S/C9H18O3.C9H16O3/c2*1-4-12-8(11)7-9(2,3)5-6-10/h10H,4-7H2,1-3H3;6H,4-5,7H2,1-3H3. The van der Waals surface area contributed by atoms with Gasteiger partial charge in [0, 0.05) is 13.0 Å². The Morgan fingerprint density at radius 1 is 0.917 bits per heavy atom. The van der Waals surface area contributed by atoms with E-state index in [-0.39, 0.29) is 29.4 Å². The zero-order valence-electron chi connectivity index (χ0n) is 16.0. The third-order valence-electron chi connectivity index (χ3n) is 3.28. The normalized spacial score (nSPS) is 11.1. The summed E-state index contributed by atoms with van der Waals surface area (Å²) < 4.78 is 9.57. The molecule has 6 nitrogen and oxygen atoms in total. The average Bonchev–Trinajstić information content (AvgIpc) is 2.37. The molecule has 0 aliphatic rings. The van der Waals surface area contributed by atoms with Gasteiger partial charge < -0.3 is 19.4 Å². The Labute approximate surface area is 145 Å². The van der Waals surface area contributed by atoms with Crippen molar-refractivity contribution >= 4 is 18.2 Å². The van der Waals surface area contributed by atoms with E-state index in [1.54, 1.807) is 13.8 Å². The van der Waals surface area contributed by atoms with Crippen molar-refractivity contribution in [2.24, 2.45) is 10.8 Å². The minimum Gasteiger partial charge on any atom is -0.466 e. The maximum absolute atomic E-state index is 11.0. The molecule has 0 bridgehead atoms. The number of carbonyl (C=O) groups is 3. The van der Waals surface area contributed by atoms with E-state index in [1.165, 1.54) is 0 Å². The molecule has 0 amide bonds. The lowest BCUT2D eigenvalue weighted by molar-refractivity contribution is -0.146. The zero-order valence-corrected chi connectivity index (χ0v) is 16.0. The number of ether oxygens (including phenoxy) is 2. The van der Waals surface area contributed by atoms with Gasteiger partial charge in [-0.25, -0.2) is 0 Å². The van der Waals surface area contributed by atoms with Crippen LogP contribution in [0.15, 0.2) is 0 Å². The fourth-order valence-electron chi connectivity index (χ4n) is 1.89. The summed E-state index contributed by atoms with van der Waals surface area (Å²) in [5.74, 6) is -0.416. The summed E-state index contributed by atoms with van der Waals surface area (Å²) in [6, 6.07) is 0. The lowest BCUT2D eigenvalue weighted by atomic mass is 9.86. The van der Waals surface area contributed by atoms with Crippen LogP contribution in [0.4, 0.5) is 0 Å². The van der Waals surface area contributed by atoms with Crippen LogP contribution >= 0.6 is 0 Å². The van der Waals surface area contributed by atoms with E-state index in [9.17, 15) is 14.4 Å². The Bertz CT molecular complexity index is 374. The predicted octanol–water partition coefficient (Wildman–Crippen LogP) is 2.90. The number of esters is 2. The second-order valence-electron chi connectivity index (χ2n) is 7.14. The summed E-state index contributed by atoms with van der Waals surface area (Å²) >= 11 is 0. The molecule has 24 heavy (non-hydrogen) atoms. The maximum Gasteiger partial charge on any atom is 0.306 e. The quantitative estimate of drug-likeness (QED) is 0.483. The molecule has 0 unspecified atom stereocenters. The highest BCUT2D eigenvalue weighted by atomic mass is 16.5. The van der Waals surface area contributed by atoms with E-state index in [0.717, 1.165) is 6.29 Å². The molecule has 1 N–H and O–H groups in total. The molecule has 0 aromatic rings. The first-order valence-electron chi connectivity index (χ1n) is 8.39. The highest BCUT2D eigenvalue weighted by Gasteiger charge is 2.22. The van der Waals surface area contributed by atoms with Crippen molar-refractivity contribution in [3.63, 3.8) is 0 Å². The largest absolute Gasteiger partial charge is 0.466 e. The predicted molar refractivity (Wildman–Crippen MR) is 92.4 cm³/mol. The van der Waals surface area contributed by atoms with Crippen molar-refractivity contribution in [2.75, 3.05) is 19.8 Å². The van der Waals surface area contributed by atoms with Crippen molar-refractivity contribution in [3.8, 4) is 0 Å². The van der Waals surface area contributed by atoms with Gasteiger partial charge in [0.05, 0.1) is 26.1 Å². The van der Waals surface area contributed by atoms with Crippen LogP contribution in [-0.2, 0) is 23.9 Å². The molecule has 0 saturated heterocycles. The van der Waals surface area contributed by atoms with Gasteiger partial charge in [-0.15, -0.1) is 0 Å². The van der Waals surface area contributed by atoms with Crippen LogP contribution in [0.25, 0.3) is 0 Å². The number of aliphatic hydroxyl groups is 1. The first-order valence-corrected chi connectivity index (χ1v) is 8.39. The van der Waals surface area contributed by atoms with Gasteiger partial charge in [-0.05, 0) is 31.1 Å². The molecule has 142 valence electrons. The second kappa shape index (κ2) is 12.9. The highest BCUT2D eigenvalue weighted by molar-refractivity contribution is 5.71. The number of rotatable bonds is 10. The fraction of sp³-hybridized carbons (Fsp3) is 0.833. The number of aliphatic hydroxyl groups excluding tert-OH is 1. The Balaban J connectivity index is 0. The Morgan fingerprint density at radius 2 is 1.33 bits per heavy atom. The molecule has 0 atom stereocenters. The van der Waals surface area contributed by atoms with Crippen LogP contribution in [0.3, 0.4) is 0 Å². The minimum absolute atomic E-state index is 0.117. The van der Waals surface area contributed by atoms with E-state index in [0.29, 0.717) is 38.9 Å². The monoisotopic (exact) mass is 346 g/mol. The molecule has 0 fully saturated rings. The minimum atomic E-state index is -0.270. The van der Waals surface area contributed by atoms with E-state index in [1.807, 2.05) is 27.7 Å². The Hall–Kier alpha value is -1.43. The topological polar surface area (TPSA) is 89.9 Å². The summed E-state index contributed by atoms with van der Waals surface area (Å²) in [4.78, 5) is 32.2. The lowest BCUT2D eigenvalue weighted by Gasteiger charge is -2.21. The van der Waals surface area contributed by atoms with Crippen LogP contribution < -0.4 is 0 Å². The fourth-order valence-corrected chi connectivity index (χ4v) is 1.89. The average molecular weight is 346 g/mol. The number of hydrogen-bond acceptors (Lipinski definition) is 6. The molecule has 6 heteroatoms. The van der Waals surface area contributed by atoms with Crippen LogP contribution in [0.2, 0.25) is 0 Å². The van der Waals surface area contributed by atoms with Crippen LogP contribution in [0, 0.1) is 10.8 Å². The number of aldehydes is 1. The zero-order chi connectivity index (χ0) is 19.2. The smallest absolute Gasteiger partial charge is 0.306 e. The Morgan fingerprint density at radius 3 is 1.67 bits per heavy atom. The van der Waals surface area contributed by atoms with Crippen LogP contribution in [-0.4, -0.2) is 43.2 Å². The number of hydrogen-bond donors (Lipinski definition) is 1. The first-order chi connectivity index (χ1) is 11.0. The summed E-state index contributed by atoms with van der Waals surface area (Å²) in [5.41, 5.74) is -0.422. The number of carbonyl (C=O) groups excluding carboxylic acids is 3. The van der Waals surface area contributed by atoms with Crippen molar-refractivity contribution in [1.82, 2.24) is 0 Å². The van der Waals surface area contributed by atoms with Gasteiger partial charge in [-0.2, -0.15) is 0 Å². The van der Waals surface area contributed by atoms with Gasteiger partial charge in [-0.1, -0.05) is 27.7 Å². The molecule has 0 aliphatic carbocycles. The molecule has 0 aromatic carbocycles. The van der Waals surface area contributed by atoms with E-state index >= 15 is 0 Å². The van der Waals surface area contributed by atoms with Crippen molar-refractivity contribution in [3.05, 3.63) is 0 Å². The summed E-state index contributed by atoms with van der Waals surface area (Å²) in [6.07, 6.45) is 2.54. The molecule has 0 aromatic heterocycles. The molecule has 0 saturated carbocycles. The van der Waals surface area contributed by atoms with E-state index in [2.05, 4.69) is 0 Å². The van der Waals surface area contributed by atoms with Crippen LogP contribution in [0.5, 0.6) is 0 Å². The third-order valence-corrected chi connectivity index (χ3v) is 3.28. The van der Waals surface area contributed by atoms with Gasteiger partial charge in [0.25, 0.3) is 0 Å². The molecule has 0 spiro atoms. The molecule has 0 heterocycles. The molecular formula is C18H34O6. The van der Waals surface area contributed by atoms with E-state index in [4.69, 9.17) is 14.6 Å². The van der Waals surface area contributed by atoms with Crippen LogP contribution in [0.1, 0.15) is 67.2 Å². The Kier molecular flexibility index (Phi) is 13.4. The molecule has 0 radical (unpaired) electrons. The SMILES string of the molecule is CCOC(=O)CC(C)(C)CC=O.CCOC(=O)CC(C)(C)CCO. The molecule has 0 aliphatic heterocycles. The van der Waals surface area contributed by atoms with E-state index < -0.39 is 0 Å². The summed E-state index contributed by atoms with van der Waals surface area (Å²) in [6.45, 7) is 12.1. The second-order valence-corrected chi connectivity index (χ2v) is 7.14. The van der Waals surface area contributed by atoms with Crippen molar-refractivity contribution < 1.29 is 29.0 Å².